The number of nitrogens with one attached hydrogen (secondary N) is 1. The van der Waals surface area contributed by atoms with E-state index in [1.54, 1.807) is 0 Å². The van der Waals surface area contributed by atoms with Crippen molar-refractivity contribution < 1.29 is 9.66 Å². The van der Waals surface area contributed by atoms with Crippen LogP contribution in [0.2, 0.25) is 5.15 Å². The molecule has 1 fully saturated rings. The minimum absolute atomic E-state index is 0.0452. The minimum Gasteiger partial charge on any atom is -0.381 e. The van der Waals surface area contributed by atoms with Gasteiger partial charge in [0.05, 0.1) is 4.92 Å². The van der Waals surface area contributed by atoms with Crippen molar-refractivity contribution in [2.45, 2.75) is 19.8 Å². The number of rotatable bonds is 4. The number of halogens is 1. The smallest absolute Gasteiger partial charge is 0.348 e. The zero-order valence-electron chi connectivity index (χ0n) is 10.6. The lowest BCUT2D eigenvalue weighted by atomic mass is 9.82. The molecule has 1 aromatic rings. The van der Waals surface area contributed by atoms with Gasteiger partial charge in [-0.1, -0.05) is 18.5 Å². The van der Waals surface area contributed by atoms with E-state index in [-0.39, 0.29) is 22.1 Å². The Hall–Kier alpha value is -1.47. The number of anilines is 1. The largest absolute Gasteiger partial charge is 0.381 e. The first-order valence-electron chi connectivity index (χ1n) is 5.98. The molecule has 8 heteroatoms. The molecule has 0 aromatic carbocycles. The number of hydrogen-bond acceptors (Lipinski definition) is 6. The molecule has 1 N–H and O–H groups in total. The SMILES string of the molecule is CC1(CNc2ncnc(Cl)c2[N+](=O)[O-])CCOCC1. The molecule has 7 nitrogen and oxygen atoms in total. The Bertz CT molecular complexity index is 477. The van der Waals surface area contributed by atoms with Crippen LogP contribution in [0.15, 0.2) is 6.33 Å². The predicted molar refractivity (Wildman–Crippen MR) is 70.3 cm³/mol. The Labute approximate surface area is 115 Å². The lowest BCUT2D eigenvalue weighted by Crippen LogP contribution is -2.33. The molecule has 0 spiro atoms. The number of ether oxygens (including phenoxy) is 1. The molecule has 1 saturated heterocycles. The summed E-state index contributed by atoms with van der Waals surface area (Å²) in [6.07, 6.45) is 3.03. The van der Waals surface area contributed by atoms with E-state index in [4.69, 9.17) is 16.3 Å². The van der Waals surface area contributed by atoms with Crippen LogP contribution in [0.5, 0.6) is 0 Å². The first-order valence-corrected chi connectivity index (χ1v) is 6.36. The highest BCUT2D eigenvalue weighted by Crippen LogP contribution is 2.32. The van der Waals surface area contributed by atoms with Crippen LogP contribution in [-0.4, -0.2) is 34.6 Å². The maximum Gasteiger partial charge on any atom is 0.348 e. The molecule has 0 bridgehead atoms. The minimum atomic E-state index is -0.572. The second-order valence-electron chi connectivity index (χ2n) is 4.90. The van der Waals surface area contributed by atoms with E-state index in [1.807, 2.05) is 0 Å². The van der Waals surface area contributed by atoms with Crippen molar-refractivity contribution in [3.05, 3.63) is 21.6 Å². The van der Waals surface area contributed by atoms with Crippen LogP contribution in [0.25, 0.3) is 0 Å². The molecule has 104 valence electrons. The lowest BCUT2D eigenvalue weighted by molar-refractivity contribution is -0.384. The molecule has 0 atom stereocenters. The standard InChI is InChI=1S/C11H15ClN4O3/c1-11(2-4-19-5-3-11)6-13-10-8(16(17)18)9(12)14-7-15-10/h7H,2-6H2,1H3,(H,13,14,15). The first kappa shape index (κ1) is 14.0. The van der Waals surface area contributed by atoms with Gasteiger partial charge in [-0.05, 0) is 18.3 Å². The third-order valence-corrected chi connectivity index (χ3v) is 3.62. The van der Waals surface area contributed by atoms with Gasteiger partial charge < -0.3 is 10.1 Å². The van der Waals surface area contributed by atoms with Crippen LogP contribution in [0, 0.1) is 15.5 Å². The van der Waals surface area contributed by atoms with Crippen LogP contribution in [0.1, 0.15) is 19.8 Å². The quantitative estimate of drug-likeness (QED) is 0.519. The second kappa shape index (κ2) is 5.66. The van der Waals surface area contributed by atoms with Crippen LogP contribution in [0.4, 0.5) is 11.5 Å². The van der Waals surface area contributed by atoms with Gasteiger partial charge in [0.1, 0.15) is 6.33 Å². The van der Waals surface area contributed by atoms with Crippen molar-refractivity contribution in [3.63, 3.8) is 0 Å². The third-order valence-electron chi connectivity index (χ3n) is 3.34. The van der Waals surface area contributed by atoms with E-state index in [2.05, 4.69) is 22.2 Å². The Balaban J connectivity index is 2.11. The summed E-state index contributed by atoms with van der Waals surface area (Å²) in [5, 5.41) is 13.8. The predicted octanol–water partition coefficient (Wildman–Crippen LogP) is 2.27. The fraction of sp³-hybridized carbons (Fsp3) is 0.636. The van der Waals surface area contributed by atoms with Crippen LogP contribution in [-0.2, 0) is 4.74 Å². The average Bonchev–Trinajstić information content (AvgIpc) is 2.37. The van der Waals surface area contributed by atoms with Crippen LogP contribution < -0.4 is 5.32 Å². The molecule has 1 aliphatic heterocycles. The molecule has 1 aliphatic rings. The molecule has 2 rings (SSSR count). The summed E-state index contributed by atoms with van der Waals surface area (Å²) >= 11 is 5.73. The fourth-order valence-electron chi connectivity index (χ4n) is 1.99. The molecule has 0 unspecified atom stereocenters. The van der Waals surface area contributed by atoms with Gasteiger partial charge in [-0.2, -0.15) is 0 Å². The van der Waals surface area contributed by atoms with Crippen molar-refractivity contribution in [2.24, 2.45) is 5.41 Å². The number of nitrogens with zero attached hydrogens (tertiary/aromatic N) is 3. The molecule has 1 aromatic heterocycles. The van der Waals surface area contributed by atoms with E-state index in [0.717, 1.165) is 12.8 Å². The molecule has 2 heterocycles. The molecule has 0 saturated carbocycles. The maximum absolute atomic E-state index is 11.0. The molecule has 0 amide bonds. The van der Waals surface area contributed by atoms with E-state index < -0.39 is 4.92 Å². The highest BCUT2D eigenvalue weighted by molar-refractivity contribution is 6.31. The summed E-state index contributed by atoms with van der Waals surface area (Å²) in [6, 6.07) is 0. The third kappa shape index (κ3) is 3.30. The van der Waals surface area contributed by atoms with Crippen LogP contribution in [0.3, 0.4) is 0 Å². The van der Waals surface area contributed by atoms with E-state index in [9.17, 15) is 10.1 Å². The van der Waals surface area contributed by atoms with E-state index >= 15 is 0 Å². The summed E-state index contributed by atoms with van der Waals surface area (Å²) in [4.78, 5) is 17.9. The number of aromatic nitrogens is 2. The monoisotopic (exact) mass is 286 g/mol. The van der Waals surface area contributed by atoms with Crippen molar-refractivity contribution in [2.75, 3.05) is 25.1 Å². The highest BCUT2D eigenvalue weighted by Gasteiger charge is 2.29. The average molecular weight is 287 g/mol. The lowest BCUT2D eigenvalue weighted by Gasteiger charge is -2.33. The van der Waals surface area contributed by atoms with Crippen LogP contribution >= 0.6 is 11.6 Å². The maximum atomic E-state index is 11.0. The fourth-order valence-corrected chi connectivity index (χ4v) is 2.19. The summed E-state index contributed by atoms with van der Waals surface area (Å²) < 4.78 is 5.32. The highest BCUT2D eigenvalue weighted by atomic mass is 35.5. The normalized spacial score (nSPS) is 18.0. The summed E-state index contributed by atoms with van der Waals surface area (Å²) in [6.45, 7) is 4.14. The molecular weight excluding hydrogens is 272 g/mol. The Morgan fingerprint density at radius 1 is 1.53 bits per heavy atom. The van der Waals surface area contributed by atoms with Crippen molar-refractivity contribution in [3.8, 4) is 0 Å². The van der Waals surface area contributed by atoms with Crippen molar-refractivity contribution in [1.29, 1.82) is 0 Å². The summed E-state index contributed by atoms with van der Waals surface area (Å²) in [5.41, 5.74) is -0.233. The van der Waals surface area contributed by atoms with Crippen molar-refractivity contribution >= 4 is 23.1 Å². The van der Waals surface area contributed by atoms with Gasteiger partial charge in [0.15, 0.2) is 0 Å². The van der Waals surface area contributed by atoms with Gasteiger partial charge in [0.25, 0.3) is 0 Å². The summed E-state index contributed by atoms with van der Waals surface area (Å²) in [5.74, 6) is 0.165. The molecule has 0 radical (unpaired) electrons. The summed E-state index contributed by atoms with van der Waals surface area (Å²) in [7, 11) is 0. The Morgan fingerprint density at radius 3 is 2.84 bits per heavy atom. The zero-order valence-corrected chi connectivity index (χ0v) is 11.3. The molecular formula is C11H15ClN4O3. The molecule has 19 heavy (non-hydrogen) atoms. The van der Waals surface area contributed by atoms with Gasteiger partial charge in [0, 0.05) is 19.8 Å². The number of hydrogen-bond donors (Lipinski definition) is 1. The molecule has 0 aliphatic carbocycles. The topological polar surface area (TPSA) is 90.2 Å². The number of nitro groups is 1. The van der Waals surface area contributed by atoms with Gasteiger partial charge in [-0.25, -0.2) is 9.97 Å². The Morgan fingerprint density at radius 2 is 2.21 bits per heavy atom. The Kier molecular flexibility index (Phi) is 4.16. The van der Waals surface area contributed by atoms with Gasteiger partial charge in [-0.15, -0.1) is 0 Å². The first-order chi connectivity index (χ1) is 9.02. The van der Waals surface area contributed by atoms with Gasteiger partial charge in [0.2, 0.25) is 11.0 Å². The van der Waals surface area contributed by atoms with Gasteiger partial charge >= 0.3 is 5.69 Å². The zero-order chi connectivity index (χ0) is 13.9. The van der Waals surface area contributed by atoms with Gasteiger partial charge in [-0.3, -0.25) is 10.1 Å². The van der Waals surface area contributed by atoms with E-state index in [1.165, 1.54) is 6.33 Å². The van der Waals surface area contributed by atoms with E-state index in [0.29, 0.717) is 19.8 Å². The van der Waals surface area contributed by atoms with Crippen molar-refractivity contribution in [1.82, 2.24) is 9.97 Å². The second-order valence-corrected chi connectivity index (χ2v) is 5.25.